The molecule has 0 heterocycles. The minimum Gasteiger partial charge on any atom is -0.369 e. The molecule has 0 aromatic carbocycles. The summed E-state index contributed by atoms with van der Waals surface area (Å²) in [5.41, 5.74) is 4.38. The van der Waals surface area contributed by atoms with E-state index >= 15 is 0 Å². The molecule has 1 atom stereocenters. The molecule has 0 rings (SSSR count). The Bertz CT molecular complexity index is 153. The molecule has 0 aliphatic rings. The predicted octanol–water partition coefficient (Wildman–Crippen LogP) is -0.848. The number of amides is 1. The van der Waals surface area contributed by atoms with E-state index in [1.807, 2.05) is 0 Å². The average Bonchev–Trinajstić information content (AvgIpc) is 1.79. The quantitative estimate of drug-likeness (QED) is 0.487. The van der Waals surface area contributed by atoms with Crippen LogP contribution in [0.25, 0.3) is 0 Å². The van der Waals surface area contributed by atoms with Crippen molar-refractivity contribution in [2.24, 2.45) is 5.73 Å². The molecule has 4 N–H and O–H groups in total. The molecule has 0 bridgehead atoms. The van der Waals surface area contributed by atoms with Crippen LogP contribution in [0.15, 0.2) is 0 Å². The summed E-state index contributed by atoms with van der Waals surface area (Å²) in [6, 6.07) is 0. The monoisotopic (exact) mass is 176 g/mol. The lowest BCUT2D eigenvalue weighted by molar-refractivity contribution is -0.181. The van der Waals surface area contributed by atoms with E-state index in [-0.39, 0.29) is 6.54 Å². The average molecular weight is 176 g/mol. The summed E-state index contributed by atoms with van der Waals surface area (Å²) in [6.45, 7) is 5.28. The second-order valence-corrected chi connectivity index (χ2v) is 3.43. The molecule has 5 heteroatoms. The van der Waals surface area contributed by atoms with Gasteiger partial charge in [0.2, 0.25) is 12.3 Å². The molecule has 0 saturated carbocycles. The Balaban J connectivity index is 3.60. The van der Waals surface area contributed by atoms with Gasteiger partial charge in [0.05, 0.1) is 12.1 Å². The fourth-order valence-electron chi connectivity index (χ4n) is 0.564. The SMILES string of the molecule is CC(C)(C)OC(O)NCC(N)=O. The molecular weight excluding hydrogens is 160 g/mol. The van der Waals surface area contributed by atoms with E-state index in [0.29, 0.717) is 0 Å². The van der Waals surface area contributed by atoms with Gasteiger partial charge in [-0.05, 0) is 20.8 Å². The molecule has 0 spiro atoms. The fourth-order valence-corrected chi connectivity index (χ4v) is 0.564. The third-order valence-corrected chi connectivity index (χ3v) is 0.916. The van der Waals surface area contributed by atoms with Crippen molar-refractivity contribution in [1.29, 1.82) is 0 Å². The van der Waals surface area contributed by atoms with Crippen LogP contribution >= 0.6 is 0 Å². The Hall–Kier alpha value is -0.650. The number of ether oxygens (including phenoxy) is 1. The summed E-state index contributed by atoms with van der Waals surface area (Å²) in [7, 11) is 0. The Kier molecular flexibility index (Phi) is 4.16. The van der Waals surface area contributed by atoms with Gasteiger partial charge in [-0.15, -0.1) is 0 Å². The van der Waals surface area contributed by atoms with Gasteiger partial charge in [0.1, 0.15) is 0 Å². The third kappa shape index (κ3) is 7.46. The van der Waals surface area contributed by atoms with Crippen molar-refractivity contribution in [3.8, 4) is 0 Å². The number of carbonyl (C=O) groups is 1. The molecule has 0 aliphatic carbocycles. The zero-order chi connectivity index (χ0) is 9.78. The number of aliphatic hydroxyl groups is 1. The largest absolute Gasteiger partial charge is 0.369 e. The van der Waals surface area contributed by atoms with Gasteiger partial charge >= 0.3 is 0 Å². The van der Waals surface area contributed by atoms with E-state index in [1.165, 1.54) is 0 Å². The second kappa shape index (κ2) is 4.39. The van der Waals surface area contributed by atoms with Crippen LogP contribution < -0.4 is 11.1 Å². The summed E-state index contributed by atoms with van der Waals surface area (Å²) in [5.74, 6) is -0.536. The maximum atomic E-state index is 10.3. The van der Waals surface area contributed by atoms with Crippen LogP contribution in [0.4, 0.5) is 0 Å². The highest BCUT2D eigenvalue weighted by Crippen LogP contribution is 2.07. The third-order valence-electron chi connectivity index (χ3n) is 0.916. The summed E-state index contributed by atoms with van der Waals surface area (Å²) < 4.78 is 5.02. The highest BCUT2D eigenvalue weighted by atomic mass is 16.6. The maximum absolute atomic E-state index is 10.3. The zero-order valence-corrected chi connectivity index (χ0v) is 7.63. The van der Waals surface area contributed by atoms with Crippen molar-refractivity contribution < 1.29 is 14.6 Å². The normalized spacial score (nSPS) is 14.3. The summed E-state index contributed by atoms with van der Waals surface area (Å²) >= 11 is 0. The van der Waals surface area contributed by atoms with Crippen LogP contribution in [-0.4, -0.2) is 29.6 Å². The van der Waals surface area contributed by atoms with Gasteiger partial charge in [0.25, 0.3) is 0 Å². The molecule has 0 aromatic heterocycles. The lowest BCUT2D eigenvalue weighted by Gasteiger charge is -2.23. The number of nitrogens with one attached hydrogen (secondary N) is 1. The van der Waals surface area contributed by atoms with E-state index in [0.717, 1.165) is 0 Å². The molecule has 0 fully saturated rings. The van der Waals surface area contributed by atoms with E-state index in [9.17, 15) is 4.79 Å². The van der Waals surface area contributed by atoms with Gasteiger partial charge in [0.15, 0.2) is 0 Å². The number of aliphatic hydroxyl groups excluding tert-OH is 1. The fraction of sp³-hybridized carbons (Fsp3) is 0.857. The number of primary amides is 1. The van der Waals surface area contributed by atoms with Crippen molar-refractivity contribution in [2.75, 3.05) is 6.54 Å². The molecule has 1 unspecified atom stereocenters. The topological polar surface area (TPSA) is 84.6 Å². The van der Waals surface area contributed by atoms with Crippen LogP contribution in [-0.2, 0) is 9.53 Å². The van der Waals surface area contributed by atoms with Crippen molar-refractivity contribution in [3.05, 3.63) is 0 Å². The Morgan fingerprint density at radius 2 is 2.17 bits per heavy atom. The molecule has 5 nitrogen and oxygen atoms in total. The molecule has 1 amide bonds. The molecule has 0 saturated heterocycles. The second-order valence-electron chi connectivity index (χ2n) is 3.43. The van der Waals surface area contributed by atoms with Crippen molar-refractivity contribution in [2.45, 2.75) is 32.8 Å². The van der Waals surface area contributed by atoms with Gasteiger partial charge in [-0.1, -0.05) is 0 Å². The number of hydrogen-bond donors (Lipinski definition) is 3. The molecule has 0 radical (unpaired) electrons. The first-order valence-corrected chi connectivity index (χ1v) is 3.69. The van der Waals surface area contributed by atoms with E-state index in [1.54, 1.807) is 20.8 Å². The van der Waals surface area contributed by atoms with Crippen molar-refractivity contribution in [3.63, 3.8) is 0 Å². The van der Waals surface area contributed by atoms with Gasteiger partial charge in [-0.2, -0.15) is 0 Å². The molecule has 0 aromatic rings. The number of rotatable bonds is 4. The lowest BCUT2D eigenvalue weighted by atomic mass is 10.2. The van der Waals surface area contributed by atoms with Crippen molar-refractivity contribution >= 4 is 5.91 Å². The molecular formula is C7H16N2O3. The maximum Gasteiger partial charge on any atom is 0.231 e. The van der Waals surface area contributed by atoms with E-state index in [2.05, 4.69) is 5.32 Å². The number of nitrogens with two attached hydrogens (primary N) is 1. The summed E-state index contributed by atoms with van der Waals surface area (Å²) in [4.78, 5) is 10.3. The predicted molar refractivity (Wildman–Crippen MR) is 44.0 cm³/mol. The van der Waals surface area contributed by atoms with Gasteiger partial charge in [-0.3, -0.25) is 10.1 Å². The molecule has 0 aliphatic heterocycles. The zero-order valence-electron chi connectivity index (χ0n) is 7.63. The van der Waals surface area contributed by atoms with Gasteiger partial charge in [0, 0.05) is 0 Å². The van der Waals surface area contributed by atoms with Crippen LogP contribution in [0, 0.1) is 0 Å². The Morgan fingerprint density at radius 3 is 2.50 bits per heavy atom. The molecule has 12 heavy (non-hydrogen) atoms. The Morgan fingerprint density at radius 1 is 1.67 bits per heavy atom. The number of carbonyl (C=O) groups excluding carboxylic acids is 1. The van der Waals surface area contributed by atoms with Crippen molar-refractivity contribution in [1.82, 2.24) is 5.32 Å². The van der Waals surface area contributed by atoms with E-state index < -0.39 is 17.9 Å². The first kappa shape index (κ1) is 11.4. The van der Waals surface area contributed by atoms with Crippen LogP contribution in [0.2, 0.25) is 0 Å². The lowest BCUT2D eigenvalue weighted by Crippen LogP contribution is -2.41. The Labute approximate surface area is 71.9 Å². The first-order chi connectivity index (χ1) is 5.31. The summed E-state index contributed by atoms with van der Waals surface area (Å²) in [6.07, 6.45) is -1.16. The van der Waals surface area contributed by atoms with E-state index in [4.69, 9.17) is 15.6 Å². The number of hydrogen-bond acceptors (Lipinski definition) is 4. The standard InChI is InChI=1S/C7H16N2O3/c1-7(2,3)12-6(11)9-4-5(8)10/h6,9,11H,4H2,1-3H3,(H2,8,10). The van der Waals surface area contributed by atoms with Crippen LogP contribution in [0.1, 0.15) is 20.8 Å². The highest BCUT2D eigenvalue weighted by Gasteiger charge is 2.15. The molecule has 72 valence electrons. The van der Waals surface area contributed by atoms with Gasteiger partial charge in [-0.25, -0.2) is 0 Å². The van der Waals surface area contributed by atoms with Crippen LogP contribution in [0.5, 0.6) is 0 Å². The highest BCUT2D eigenvalue weighted by molar-refractivity contribution is 5.75. The smallest absolute Gasteiger partial charge is 0.231 e. The minimum absolute atomic E-state index is 0.1000. The first-order valence-electron chi connectivity index (χ1n) is 3.69. The van der Waals surface area contributed by atoms with Crippen LogP contribution in [0.3, 0.4) is 0 Å². The minimum atomic E-state index is -1.16. The van der Waals surface area contributed by atoms with Gasteiger partial charge < -0.3 is 15.6 Å². The summed E-state index contributed by atoms with van der Waals surface area (Å²) in [5, 5.41) is 11.5.